The molecule has 1 aromatic carbocycles. The van der Waals surface area contributed by atoms with Crippen molar-refractivity contribution in [2.45, 2.75) is 26.6 Å². The first-order valence-electron chi connectivity index (χ1n) is 5.91. The van der Waals surface area contributed by atoms with Gasteiger partial charge in [0.15, 0.2) is 11.5 Å². The van der Waals surface area contributed by atoms with E-state index >= 15 is 0 Å². The molecule has 1 N–H and O–H groups in total. The third kappa shape index (κ3) is 3.49. The molecule has 0 aliphatic carbocycles. The molecule has 0 bridgehead atoms. The predicted octanol–water partition coefficient (Wildman–Crippen LogP) is 2.89. The van der Waals surface area contributed by atoms with E-state index in [1.807, 2.05) is 0 Å². The van der Waals surface area contributed by atoms with Crippen LogP contribution in [0.4, 0.5) is 8.78 Å². The number of benzene rings is 1. The summed E-state index contributed by atoms with van der Waals surface area (Å²) in [5, 5.41) is 8.76. The van der Waals surface area contributed by atoms with Crippen LogP contribution in [0.3, 0.4) is 0 Å². The lowest BCUT2D eigenvalue weighted by atomic mass is 9.91. The van der Waals surface area contributed by atoms with Gasteiger partial charge in [0, 0.05) is 11.5 Å². The number of fused-ring (bicyclic) bond motifs is 1. The summed E-state index contributed by atoms with van der Waals surface area (Å²) in [6.07, 6.45) is -3.72. The average molecular weight is 288 g/mol. The number of ether oxygens (including phenoxy) is 3. The molecule has 5 nitrogen and oxygen atoms in total. The summed E-state index contributed by atoms with van der Waals surface area (Å²) in [5.74, 6) is -0.789. The standard InChI is InChI=1S/C13H14F2O5/c1-12(2,6-11(16)17)7-18-8-3-4-9-10(5-8)20-13(14,15)19-9/h3-5H,6-7H2,1-2H3,(H,16,17). The molecule has 7 heteroatoms. The maximum atomic E-state index is 12.8. The zero-order valence-electron chi connectivity index (χ0n) is 11.0. The Bertz CT molecular complexity index is 527. The first-order chi connectivity index (χ1) is 9.17. The van der Waals surface area contributed by atoms with Crippen molar-refractivity contribution >= 4 is 5.97 Å². The molecule has 0 spiro atoms. The van der Waals surface area contributed by atoms with E-state index in [4.69, 9.17) is 9.84 Å². The van der Waals surface area contributed by atoms with E-state index in [1.165, 1.54) is 18.2 Å². The van der Waals surface area contributed by atoms with Gasteiger partial charge in [-0.15, -0.1) is 8.78 Å². The summed E-state index contributed by atoms with van der Waals surface area (Å²) in [7, 11) is 0. The number of hydrogen-bond acceptors (Lipinski definition) is 4. The number of alkyl halides is 2. The van der Waals surface area contributed by atoms with Crippen LogP contribution in [0, 0.1) is 5.41 Å². The zero-order valence-corrected chi connectivity index (χ0v) is 11.0. The Kier molecular flexibility index (Phi) is 3.45. The van der Waals surface area contributed by atoms with Crippen LogP contribution in [-0.2, 0) is 4.79 Å². The minimum Gasteiger partial charge on any atom is -0.493 e. The maximum absolute atomic E-state index is 12.8. The minimum absolute atomic E-state index is 0.0599. The highest BCUT2D eigenvalue weighted by atomic mass is 19.3. The summed E-state index contributed by atoms with van der Waals surface area (Å²) in [5.41, 5.74) is -0.577. The fourth-order valence-electron chi connectivity index (χ4n) is 1.76. The van der Waals surface area contributed by atoms with Gasteiger partial charge in [0.1, 0.15) is 5.75 Å². The first kappa shape index (κ1) is 14.4. The number of halogens is 2. The fraction of sp³-hybridized carbons (Fsp3) is 0.462. The fourth-order valence-corrected chi connectivity index (χ4v) is 1.76. The molecule has 0 atom stereocenters. The minimum atomic E-state index is -3.66. The quantitative estimate of drug-likeness (QED) is 0.902. The Hall–Kier alpha value is -2.05. The lowest BCUT2D eigenvalue weighted by molar-refractivity contribution is -0.286. The second-order valence-electron chi connectivity index (χ2n) is 5.30. The van der Waals surface area contributed by atoms with Crippen molar-refractivity contribution in [3.05, 3.63) is 18.2 Å². The molecule has 1 aliphatic heterocycles. The molecule has 1 aliphatic rings. The molecule has 1 aromatic rings. The number of carboxylic acid groups (broad SMARTS) is 1. The van der Waals surface area contributed by atoms with Crippen LogP contribution in [0.1, 0.15) is 20.3 Å². The smallest absolute Gasteiger partial charge is 0.493 e. The van der Waals surface area contributed by atoms with E-state index in [0.717, 1.165) is 0 Å². The highest BCUT2D eigenvalue weighted by Crippen LogP contribution is 2.42. The SMILES string of the molecule is CC(C)(COc1ccc2c(c1)OC(F)(F)O2)CC(=O)O. The summed E-state index contributed by atoms with van der Waals surface area (Å²) >= 11 is 0. The van der Waals surface area contributed by atoms with Gasteiger partial charge in [-0.25, -0.2) is 0 Å². The number of carbonyl (C=O) groups is 1. The molecule has 2 rings (SSSR count). The van der Waals surface area contributed by atoms with Crippen molar-refractivity contribution in [3.63, 3.8) is 0 Å². The van der Waals surface area contributed by atoms with E-state index in [0.29, 0.717) is 5.75 Å². The van der Waals surface area contributed by atoms with Gasteiger partial charge in [-0.05, 0) is 12.1 Å². The molecule has 0 aromatic heterocycles. The van der Waals surface area contributed by atoms with Gasteiger partial charge < -0.3 is 19.3 Å². The highest BCUT2D eigenvalue weighted by molar-refractivity contribution is 5.67. The van der Waals surface area contributed by atoms with E-state index < -0.39 is 17.7 Å². The third-order valence-corrected chi connectivity index (χ3v) is 2.63. The molecule has 1 heterocycles. The van der Waals surface area contributed by atoms with Crippen LogP contribution in [-0.4, -0.2) is 24.0 Å². The average Bonchev–Trinajstić information content (AvgIpc) is 2.57. The van der Waals surface area contributed by atoms with Crippen LogP contribution in [0.5, 0.6) is 17.2 Å². The van der Waals surface area contributed by atoms with Crippen LogP contribution >= 0.6 is 0 Å². The van der Waals surface area contributed by atoms with Crippen molar-refractivity contribution in [1.82, 2.24) is 0 Å². The first-order valence-corrected chi connectivity index (χ1v) is 5.91. The topological polar surface area (TPSA) is 65.0 Å². The predicted molar refractivity (Wildman–Crippen MR) is 64.2 cm³/mol. The van der Waals surface area contributed by atoms with Gasteiger partial charge in [0.25, 0.3) is 0 Å². The van der Waals surface area contributed by atoms with Gasteiger partial charge in [-0.2, -0.15) is 0 Å². The van der Waals surface area contributed by atoms with Crippen molar-refractivity contribution in [3.8, 4) is 17.2 Å². The Balaban J connectivity index is 2.01. The molecular formula is C13H14F2O5. The Labute approximate surface area is 114 Å². The van der Waals surface area contributed by atoms with E-state index in [2.05, 4.69) is 9.47 Å². The van der Waals surface area contributed by atoms with E-state index in [9.17, 15) is 13.6 Å². The molecule has 20 heavy (non-hydrogen) atoms. The molecule has 0 saturated heterocycles. The van der Waals surface area contributed by atoms with Crippen LogP contribution < -0.4 is 14.2 Å². The monoisotopic (exact) mass is 288 g/mol. The summed E-state index contributed by atoms with van der Waals surface area (Å²) in [6, 6.07) is 4.06. The van der Waals surface area contributed by atoms with E-state index in [1.54, 1.807) is 13.8 Å². The second-order valence-corrected chi connectivity index (χ2v) is 5.30. The van der Waals surface area contributed by atoms with Crippen molar-refractivity contribution in [2.75, 3.05) is 6.61 Å². The molecule has 0 saturated carbocycles. The van der Waals surface area contributed by atoms with Crippen molar-refractivity contribution in [2.24, 2.45) is 5.41 Å². The summed E-state index contributed by atoms with van der Waals surface area (Å²) in [6.45, 7) is 3.61. The molecule has 0 unspecified atom stereocenters. The molecule has 0 amide bonds. The zero-order chi connectivity index (χ0) is 15.0. The van der Waals surface area contributed by atoms with Crippen LogP contribution in [0.25, 0.3) is 0 Å². The number of rotatable bonds is 5. The number of hydrogen-bond donors (Lipinski definition) is 1. The Morgan fingerprint density at radius 2 is 2.00 bits per heavy atom. The maximum Gasteiger partial charge on any atom is 0.586 e. The summed E-state index contributed by atoms with van der Waals surface area (Å²) in [4.78, 5) is 10.7. The van der Waals surface area contributed by atoms with Crippen LogP contribution in [0.15, 0.2) is 18.2 Å². The van der Waals surface area contributed by atoms with Gasteiger partial charge >= 0.3 is 12.3 Å². The van der Waals surface area contributed by atoms with E-state index in [-0.39, 0.29) is 24.5 Å². The highest BCUT2D eigenvalue weighted by Gasteiger charge is 2.43. The van der Waals surface area contributed by atoms with Gasteiger partial charge in [0.2, 0.25) is 0 Å². The summed E-state index contributed by atoms with van der Waals surface area (Å²) < 4.78 is 39.7. The third-order valence-electron chi connectivity index (χ3n) is 2.63. The van der Waals surface area contributed by atoms with Crippen LogP contribution in [0.2, 0.25) is 0 Å². The molecule has 0 fully saturated rings. The number of aliphatic carboxylic acids is 1. The van der Waals surface area contributed by atoms with Gasteiger partial charge in [0.05, 0.1) is 13.0 Å². The number of carboxylic acids is 1. The second kappa shape index (κ2) is 4.81. The molecule has 110 valence electrons. The lowest BCUT2D eigenvalue weighted by Crippen LogP contribution is -2.26. The molecular weight excluding hydrogens is 274 g/mol. The Morgan fingerprint density at radius 1 is 1.35 bits per heavy atom. The Morgan fingerprint density at radius 3 is 2.65 bits per heavy atom. The van der Waals surface area contributed by atoms with Crippen molar-refractivity contribution < 1.29 is 32.9 Å². The normalized spacial score (nSPS) is 16.0. The van der Waals surface area contributed by atoms with Gasteiger partial charge in [-0.1, -0.05) is 13.8 Å². The lowest BCUT2D eigenvalue weighted by Gasteiger charge is -2.22. The van der Waals surface area contributed by atoms with Crippen molar-refractivity contribution in [1.29, 1.82) is 0 Å². The van der Waals surface area contributed by atoms with Gasteiger partial charge in [-0.3, -0.25) is 4.79 Å². The largest absolute Gasteiger partial charge is 0.586 e. The molecule has 0 radical (unpaired) electrons.